The fourth-order valence-corrected chi connectivity index (χ4v) is 1.77. The highest BCUT2D eigenvalue weighted by atomic mass is 16.5. The lowest BCUT2D eigenvalue weighted by molar-refractivity contribution is 0.0592. The molecule has 5 nitrogen and oxygen atoms in total. The molecule has 0 saturated carbocycles. The summed E-state index contributed by atoms with van der Waals surface area (Å²) >= 11 is 0. The van der Waals surface area contributed by atoms with Crippen LogP contribution in [-0.2, 0) is 4.74 Å². The molecule has 19 heavy (non-hydrogen) atoms. The number of rotatable bonds is 3. The number of nitrogens with zero attached hydrogens (tertiary/aromatic N) is 3. The van der Waals surface area contributed by atoms with Gasteiger partial charge >= 0.3 is 5.97 Å². The smallest absolute Gasteiger partial charge is 0.360 e. The van der Waals surface area contributed by atoms with Gasteiger partial charge in [-0.05, 0) is 30.5 Å². The second-order valence-corrected chi connectivity index (χ2v) is 4.66. The van der Waals surface area contributed by atoms with E-state index in [9.17, 15) is 4.79 Å². The Morgan fingerprint density at radius 3 is 2.37 bits per heavy atom. The van der Waals surface area contributed by atoms with E-state index in [1.165, 1.54) is 17.5 Å². The van der Waals surface area contributed by atoms with Crippen LogP contribution in [0.25, 0.3) is 5.69 Å². The Morgan fingerprint density at radius 1 is 1.21 bits per heavy atom. The van der Waals surface area contributed by atoms with Gasteiger partial charge in [-0.25, -0.2) is 4.79 Å². The molecule has 1 heterocycles. The van der Waals surface area contributed by atoms with Crippen LogP contribution in [0.5, 0.6) is 0 Å². The van der Waals surface area contributed by atoms with E-state index in [1.807, 2.05) is 24.3 Å². The molecule has 1 aromatic heterocycles. The van der Waals surface area contributed by atoms with Crippen molar-refractivity contribution in [1.82, 2.24) is 15.0 Å². The van der Waals surface area contributed by atoms with Gasteiger partial charge in [-0.2, -0.15) is 9.90 Å². The van der Waals surface area contributed by atoms with Crippen molar-refractivity contribution in [2.45, 2.75) is 26.7 Å². The highest BCUT2D eigenvalue weighted by Gasteiger charge is 2.16. The van der Waals surface area contributed by atoms with Gasteiger partial charge in [0.2, 0.25) is 0 Å². The number of carbonyl (C=O) groups excluding carboxylic acids is 1. The van der Waals surface area contributed by atoms with Crippen LogP contribution >= 0.6 is 0 Å². The highest BCUT2D eigenvalue weighted by molar-refractivity contribution is 5.88. The normalized spacial score (nSPS) is 10.8. The second-order valence-electron chi connectivity index (χ2n) is 4.66. The molecular weight excluding hydrogens is 242 g/mol. The van der Waals surface area contributed by atoms with E-state index in [2.05, 4.69) is 28.8 Å². The van der Waals surface area contributed by atoms with Crippen LogP contribution in [0.15, 0.2) is 24.3 Å². The van der Waals surface area contributed by atoms with Crippen molar-refractivity contribution >= 4 is 5.97 Å². The summed E-state index contributed by atoms with van der Waals surface area (Å²) in [5.41, 5.74) is 2.87. The SMILES string of the molecule is COC(=O)c1nn(-c2ccc(C(C)C)cc2)nc1C. The van der Waals surface area contributed by atoms with Crippen LogP contribution < -0.4 is 0 Å². The summed E-state index contributed by atoms with van der Waals surface area (Å²) in [5.74, 6) is 0.00884. The third-order valence-electron chi connectivity index (χ3n) is 2.95. The maximum atomic E-state index is 11.5. The fraction of sp³-hybridized carbons (Fsp3) is 0.357. The number of methoxy groups -OCH3 is 1. The summed E-state index contributed by atoms with van der Waals surface area (Å²) in [6.45, 7) is 6.01. The molecule has 0 saturated heterocycles. The Balaban J connectivity index is 2.34. The molecule has 0 N–H and O–H groups in total. The molecule has 0 bridgehead atoms. The fourth-order valence-electron chi connectivity index (χ4n) is 1.77. The van der Waals surface area contributed by atoms with E-state index in [1.54, 1.807) is 6.92 Å². The van der Waals surface area contributed by atoms with Crippen LogP contribution in [0.3, 0.4) is 0 Å². The van der Waals surface area contributed by atoms with Crippen molar-refractivity contribution in [3.63, 3.8) is 0 Å². The molecule has 0 aliphatic rings. The van der Waals surface area contributed by atoms with Gasteiger partial charge in [-0.3, -0.25) is 0 Å². The van der Waals surface area contributed by atoms with Crippen molar-refractivity contribution in [2.75, 3.05) is 7.11 Å². The maximum Gasteiger partial charge on any atom is 0.360 e. The van der Waals surface area contributed by atoms with Gasteiger partial charge in [0.15, 0.2) is 5.69 Å². The molecule has 0 aliphatic carbocycles. The van der Waals surface area contributed by atoms with Crippen LogP contribution in [-0.4, -0.2) is 28.1 Å². The Kier molecular flexibility index (Phi) is 3.64. The van der Waals surface area contributed by atoms with Gasteiger partial charge < -0.3 is 4.74 Å². The van der Waals surface area contributed by atoms with Gasteiger partial charge in [0.25, 0.3) is 0 Å². The number of carbonyl (C=O) groups is 1. The zero-order valence-electron chi connectivity index (χ0n) is 11.5. The Hall–Kier alpha value is -2.17. The lowest BCUT2D eigenvalue weighted by Gasteiger charge is -2.05. The molecule has 0 amide bonds. The molecule has 2 aromatic rings. The molecule has 0 unspecified atom stereocenters. The van der Waals surface area contributed by atoms with Crippen LogP contribution in [0.4, 0.5) is 0 Å². The molecule has 0 fully saturated rings. The van der Waals surface area contributed by atoms with Gasteiger partial charge in [0.05, 0.1) is 18.5 Å². The molecule has 0 aliphatic heterocycles. The van der Waals surface area contributed by atoms with Crippen molar-refractivity contribution in [2.24, 2.45) is 0 Å². The lowest BCUT2D eigenvalue weighted by atomic mass is 10.0. The summed E-state index contributed by atoms with van der Waals surface area (Å²) in [6, 6.07) is 7.96. The zero-order valence-corrected chi connectivity index (χ0v) is 11.5. The van der Waals surface area contributed by atoms with Gasteiger partial charge in [0, 0.05) is 0 Å². The van der Waals surface area contributed by atoms with Crippen LogP contribution in [0.1, 0.15) is 41.5 Å². The number of esters is 1. The van der Waals surface area contributed by atoms with Gasteiger partial charge in [-0.1, -0.05) is 26.0 Å². The summed E-state index contributed by atoms with van der Waals surface area (Å²) < 4.78 is 4.66. The predicted molar refractivity (Wildman–Crippen MR) is 71.5 cm³/mol. The molecule has 1 aromatic carbocycles. The van der Waals surface area contributed by atoms with Gasteiger partial charge in [0.1, 0.15) is 0 Å². The first-order valence-corrected chi connectivity index (χ1v) is 6.15. The van der Waals surface area contributed by atoms with E-state index in [-0.39, 0.29) is 5.69 Å². The summed E-state index contributed by atoms with van der Waals surface area (Å²) in [5, 5.41) is 8.39. The van der Waals surface area contributed by atoms with E-state index in [0.29, 0.717) is 11.6 Å². The minimum absolute atomic E-state index is 0.246. The molecular formula is C14H17N3O2. The van der Waals surface area contributed by atoms with Crippen LogP contribution in [0, 0.1) is 6.92 Å². The molecule has 0 atom stereocenters. The molecule has 0 spiro atoms. The Labute approximate surface area is 112 Å². The van der Waals surface area contributed by atoms with Crippen molar-refractivity contribution in [3.05, 3.63) is 41.2 Å². The largest absolute Gasteiger partial charge is 0.464 e. The highest BCUT2D eigenvalue weighted by Crippen LogP contribution is 2.16. The number of ether oxygens (including phenoxy) is 1. The average Bonchev–Trinajstić information content (AvgIpc) is 2.80. The summed E-state index contributed by atoms with van der Waals surface area (Å²) in [7, 11) is 1.33. The number of benzene rings is 1. The summed E-state index contributed by atoms with van der Waals surface area (Å²) in [6.07, 6.45) is 0. The first kappa shape index (κ1) is 13.3. The number of hydrogen-bond donors (Lipinski definition) is 0. The van der Waals surface area contributed by atoms with Crippen molar-refractivity contribution in [1.29, 1.82) is 0 Å². The molecule has 2 rings (SSSR count). The number of aryl methyl sites for hydroxylation is 1. The molecule has 100 valence electrons. The van der Waals surface area contributed by atoms with E-state index >= 15 is 0 Å². The zero-order chi connectivity index (χ0) is 14.0. The third-order valence-corrected chi connectivity index (χ3v) is 2.95. The standard InChI is InChI=1S/C14H17N3O2/c1-9(2)11-5-7-12(8-6-11)17-15-10(3)13(16-17)14(18)19-4/h5-9H,1-4H3. The lowest BCUT2D eigenvalue weighted by Crippen LogP contribution is -2.05. The summed E-state index contributed by atoms with van der Waals surface area (Å²) in [4.78, 5) is 12.9. The third kappa shape index (κ3) is 2.65. The first-order valence-electron chi connectivity index (χ1n) is 6.15. The van der Waals surface area contributed by atoms with Crippen LogP contribution in [0.2, 0.25) is 0 Å². The maximum absolute atomic E-state index is 11.5. The van der Waals surface area contributed by atoms with Crippen molar-refractivity contribution in [3.8, 4) is 5.69 Å². The second kappa shape index (κ2) is 5.22. The van der Waals surface area contributed by atoms with E-state index in [4.69, 9.17) is 0 Å². The minimum Gasteiger partial charge on any atom is -0.464 e. The molecule has 5 heteroatoms. The Bertz CT molecular complexity index is 585. The number of aromatic nitrogens is 3. The van der Waals surface area contributed by atoms with E-state index < -0.39 is 5.97 Å². The van der Waals surface area contributed by atoms with E-state index in [0.717, 1.165) is 5.69 Å². The van der Waals surface area contributed by atoms with Crippen molar-refractivity contribution < 1.29 is 9.53 Å². The van der Waals surface area contributed by atoms with Gasteiger partial charge in [-0.15, -0.1) is 5.10 Å². The average molecular weight is 259 g/mol. The first-order chi connectivity index (χ1) is 9.02. The topological polar surface area (TPSA) is 57.0 Å². The monoisotopic (exact) mass is 259 g/mol. The number of hydrogen-bond acceptors (Lipinski definition) is 4. The molecule has 0 radical (unpaired) electrons. The quantitative estimate of drug-likeness (QED) is 0.795. The predicted octanol–water partition coefficient (Wildman–Crippen LogP) is 2.49. The minimum atomic E-state index is -0.470. The Morgan fingerprint density at radius 2 is 1.84 bits per heavy atom.